The standard InChI is InChI=1S/C13H23N3O4S/c1-11-2-5-15(6-3-11)21(18,19)16-7-4-13(10-16)9-14-12(17)8-20-13/h11H,2-10H2,1H3,(H,14,17). The number of piperidine rings is 1. The smallest absolute Gasteiger partial charge is 0.282 e. The molecule has 1 unspecified atom stereocenters. The van der Waals surface area contributed by atoms with Crippen LogP contribution in [0.15, 0.2) is 0 Å². The van der Waals surface area contributed by atoms with E-state index in [1.165, 1.54) is 4.31 Å². The van der Waals surface area contributed by atoms with Gasteiger partial charge in [0.25, 0.3) is 10.2 Å². The molecule has 0 aromatic rings. The Kier molecular flexibility index (Phi) is 3.98. The van der Waals surface area contributed by atoms with Crippen molar-refractivity contribution >= 4 is 16.1 Å². The Hall–Kier alpha value is -0.700. The van der Waals surface area contributed by atoms with Crippen LogP contribution in [0.2, 0.25) is 0 Å². The van der Waals surface area contributed by atoms with Gasteiger partial charge in [-0.15, -0.1) is 0 Å². The fourth-order valence-corrected chi connectivity index (χ4v) is 4.95. The van der Waals surface area contributed by atoms with Crippen LogP contribution in [0, 0.1) is 5.92 Å². The lowest BCUT2D eigenvalue weighted by atomic mass is 10.0. The molecule has 0 saturated carbocycles. The van der Waals surface area contributed by atoms with Gasteiger partial charge >= 0.3 is 0 Å². The summed E-state index contributed by atoms with van der Waals surface area (Å²) in [5.41, 5.74) is -0.538. The van der Waals surface area contributed by atoms with Crippen molar-refractivity contribution in [3.05, 3.63) is 0 Å². The maximum absolute atomic E-state index is 12.7. The van der Waals surface area contributed by atoms with E-state index in [4.69, 9.17) is 4.74 Å². The van der Waals surface area contributed by atoms with Crippen molar-refractivity contribution in [3.8, 4) is 0 Å². The number of morpholine rings is 1. The zero-order valence-corrected chi connectivity index (χ0v) is 13.2. The molecule has 3 heterocycles. The average Bonchev–Trinajstić information content (AvgIpc) is 2.88. The maximum atomic E-state index is 12.7. The molecule has 7 nitrogen and oxygen atoms in total. The number of ether oxygens (including phenoxy) is 1. The second-order valence-electron chi connectivity index (χ2n) is 6.42. The van der Waals surface area contributed by atoms with Crippen LogP contribution < -0.4 is 5.32 Å². The minimum absolute atomic E-state index is 0.0229. The maximum Gasteiger partial charge on any atom is 0.282 e. The molecule has 120 valence electrons. The van der Waals surface area contributed by atoms with Gasteiger partial charge in [0.1, 0.15) is 12.2 Å². The van der Waals surface area contributed by atoms with E-state index in [2.05, 4.69) is 12.2 Å². The Labute approximate surface area is 125 Å². The summed E-state index contributed by atoms with van der Waals surface area (Å²) in [5, 5.41) is 2.77. The first kappa shape index (κ1) is 15.2. The summed E-state index contributed by atoms with van der Waals surface area (Å²) in [5.74, 6) is 0.463. The summed E-state index contributed by atoms with van der Waals surface area (Å²) in [6.07, 6.45) is 2.48. The molecule has 1 spiro atoms. The summed E-state index contributed by atoms with van der Waals surface area (Å²) in [7, 11) is -3.40. The van der Waals surface area contributed by atoms with E-state index >= 15 is 0 Å². The quantitative estimate of drug-likeness (QED) is 0.748. The molecule has 0 radical (unpaired) electrons. The lowest BCUT2D eigenvalue weighted by Gasteiger charge is -2.35. The van der Waals surface area contributed by atoms with Crippen molar-refractivity contribution in [1.29, 1.82) is 0 Å². The van der Waals surface area contributed by atoms with Crippen LogP contribution in [0.5, 0.6) is 0 Å². The molecule has 1 N–H and O–H groups in total. The van der Waals surface area contributed by atoms with E-state index in [0.717, 1.165) is 12.8 Å². The highest BCUT2D eigenvalue weighted by atomic mass is 32.2. The summed E-state index contributed by atoms with van der Waals surface area (Å²) in [6, 6.07) is 0. The SMILES string of the molecule is CC1CCN(S(=O)(=O)N2CCC3(CNC(=O)CO3)C2)CC1. The molecule has 1 atom stereocenters. The number of rotatable bonds is 2. The lowest BCUT2D eigenvalue weighted by molar-refractivity contribution is -0.141. The zero-order valence-electron chi connectivity index (χ0n) is 12.4. The molecule has 1 amide bonds. The predicted octanol–water partition coefficient (Wildman–Crippen LogP) is -0.446. The molecule has 3 fully saturated rings. The Morgan fingerprint density at radius 3 is 2.57 bits per heavy atom. The molecule has 3 aliphatic heterocycles. The second kappa shape index (κ2) is 5.49. The predicted molar refractivity (Wildman–Crippen MR) is 76.8 cm³/mol. The van der Waals surface area contributed by atoms with E-state index in [-0.39, 0.29) is 12.5 Å². The number of nitrogens with zero attached hydrogens (tertiary/aromatic N) is 2. The summed E-state index contributed by atoms with van der Waals surface area (Å²) < 4.78 is 34.1. The highest BCUT2D eigenvalue weighted by Gasteiger charge is 2.47. The average molecular weight is 317 g/mol. The molecule has 0 bridgehead atoms. The van der Waals surface area contributed by atoms with Crippen LogP contribution in [0.25, 0.3) is 0 Å². The highest BCUT2D eigenvalue weighted by molar-refractivity contribution is 7.86. The first-order valence-corrected chi connectivity index (χ1v) is 8.97. The van der Waals surface area contributed by atoms with Crippen LogP contribution in [0.3, 0.4) is 0 Å². The molecule has 0 aliphatic carbocycles. The van der Waals surface area contributed by atoms with Crippen LogP contribution in [0.4, 0.5) is 0 Å². The van der Waals surface area contributed by atoms with Crippen LogP contribution in [-0.4, -0.2) is 67.9 Å². The van der Waals surface area contributed by atoms with E-state index < -0.39 is 15.8 Å². The molecule has 8 heteroatoms. The molecule has 0 aromatic heterocycles. The van der Waals surface area contributed by atoms with Crippen molar-refractivity contribution < 1.29 is 17.9 Å². The number of carbonyl (C=O) groups excluding carboxylic acids is 1. The van der Waals surface area contributed by atoms with Gasteiger partial charge in [0.15, 0.2) is 0 Å². The van der Waals surface area contributed by atoms with Gasteiger partial charge < -0.3 is 10.1 Å². The Balaban J connectivity index is 1.66. The van der Waals surface area contributed by atoms with Crippen molar-refractivity contribution in [2.75, 3.05) is 39.3 Å². The number of hydrogen-bond acceptors (Lipinski definition) is 4. The zero-order chi connectivity index (χ0) is 15.1. The van der Waals surface area contributed by atoms with Gasteiger partial charge in [-0.2, -0.15) is 17.0 Å². The monoisotopic (exact) mass is 317 g/mol. The van der Waals surface area contributed by atoms with E-state index in [9.17, 15) is 13.2 Å². The van der Waals surface area contributed by atoms with E-state index in [1.54, 1.807) is 4.31 Å². The highest BCUT2D eigenvalue weighted by Crippen LogP contribution is 2.30. The van der Waals surface area contributed by atoms with E-state index in [1.807, 2.05) is 0 Å². The first-order valence-electron chi connectivity index (χ1n) is 7.57. The third-order valence-electron chi connectivity index (χ3n) is 4.79. The summed E-state index contributed by atoms with van der Waals surface area (Å²) in [6.45, 7) is 4.58. The second-order valence-corrected chi connectivity index (χ2v) is 8.35. The van der Waals surface area contributed by atoms with Crippen LogP contribution >= 0.6 is 0 Å². The number of amides is 1. The molecule has 3 rings (SSSR count). The Bertz CT molecular complexity index is 504. The van der Waals surface area contributed by atoms with Gasteiger partial charge in [0.05, 0.1) is 0 Å². The minimum atomic E-state index is -3.40. The molecular weight excluding hydrogens is 294 g/mol. The van der Waals surface area contributed by atoms with Crippen molar-refractivity contribution in [2.45, 2.75) is 31.8 Å². The molecule has 0 aromatic carbocycles. The Morgan fingerprint density at radius 1 is 1.24 bits per heavy atom. The van der Waals surface area contributed by atoms with Gasteiger partial charge in [0, 0.05) is 32.7 Å². The van der Waals surface area contributed by atoms with Crippen molar-refractivity contribution in [1.82, 2.24) is 13.9 Å². The van der Waals surface area contributed by atoms with Crippen LogP contribution in [-0.2, 0) is 19.7 Å². The minimum Gasteiger partial charge on any atom is -0.362 e. The van der Waals surface area contributed by atoms with Gasteiger partial charge in [-0.05, 0) is 25.2 Å². The molecule has 3 aliphatic rings. The normalized spacial score (nSPS) is 33.5. The van der Waals surface area contributed by atoms with Crippen LogP contribution in [0.1, 0.15) is 26.2 Å². The third kappa shape index (κ3) is 2.94. The number of nitrogens with one attached hydrogen (secondary N) is 1. The van der Waals surface area contributed by atoms with Crippen molar-refractivity contribution in [2.24, 2.45) is 5.92 Å². The topological polar surface area (TPSA) is 79.0 Å². The van der Waals surface area contributed by atoms with Gasteiger partial charge in [-0.1, -0.05) is 6.92 Å². The fourth-order valence-electron chi connectivity index (χ4n) is 3.23. The lowest BCUT2D eigenvalue weighted by Crippen LogP contribution is -2.55. The summed E-state index contributed by atoms with van der Waals surface area (Å²) in [4.78, 5) is 11.2. The Morgan fingerprint density at radius 2 is 1.95 bits per heavy atom. The first-order chi connectivity index (χ1) is 9.91. The molecular formula is C13H23N3O4S. The van der Waals surface area contributed by atoms with Gasteiger partial charge in [-0.3, -0.25) is 4.79 Å². The van der Waals surface area contributed by atoms with Gasteiger partial charge in [0.2, 0.25) is 5.91 Å². The fraction of sp³-hybridized carbons (Fsp3) is 0.923. The molecule has 21 heavy (non-hydrogen) atoms. The third-order valence-corrected chi connectivity index (χ3v) is 6.78. The largest absolute Gasteiger partial charge is 0.362 e. The molecule has 3 saturated heterocycles. The number of hydrogen-bond donors (Lipinski definition) is 1. The van der Waals surface area contributed by atoms with Crippen molar-refractivity contribution in [3.63, 3.8) is 0 Å². The van der Waals surface area contributed by atoms with Gasteiger partial charge in [-0.25, -0.2) is 0 Å². The van der Waals surface area contributed by atoms with E-state index in [0.29, 0.717) is 45.1 Å². The summed E-state index contributed by atoms with van der Waals surface area (Å²) >= 11 is 0. The number of carbonyl (C=O) groups is 1.